The molecule has 10 heteroatoms. The number of halogens is 2. The van der Waals surface area contributed by atoms with E-state index >= 15 is 0 Å². The minimum absolute atomic E-state index is 0.00130. The minimum atomic E-state index is -3.94. The number of thiophene rings is 1. The SMILES string of the molecule is COC(=O)c1sccc1NS(=O)(=O)c1cnc(Cl)c(Cl)c1. The molecule has 112 valence electrons. The van der Waals surface area contributed by atoms with Crippen molar-refractivity contribution in [3.05, 3.63) is 38.8 Å². The Morgan fingerprint density at radius 1 is 1.43 bits per heavy atom. The van der Waals surface area contributed by atoms with Gasteiger partial charge in [-0.15, -0.1) is 11.3 Å². The summed E-state index contributed by atoms with van der Waals surface area (Å²) in [4.78, 5) is 15.2. The number of pyridine rings is 1. The van der Waals surface area contributed by atoms with E-state index in [-0.39, 0.29) is 25.6 Å². The lowest BCUT2D eigenvalue weighted by Gasteiger charge is -2.08. The Bertz CT molecular complexity index is 789. The van der Waals surface area contributed by atoms with Crippen LogP contribution in [0.1, 0.15) is 9.67 Å². The molecule has 0 aliphatic heterocycles. The van der Waals surface area contributed by atoms with E-state index < -0.39 is 16.0 Å². The van der Waals surface area contributed by atoms with Crippen LogP contribution in [-0.2, 0) is 14.8 Å². The number of methoxy groups -OCH3 is 1. The van der Waals surface area contributed by atoms with Crippen molar-refractivity contribution in [2.75, 3.05) is 11.8 Å². The molecule has 6 nitrogen and oxygen atoms in total. The number of anilines is 1. The van der Waals surface area contributed by atoms with Gasteiger partial charge in [0.2, 0.25) is 0 Å². The third-order valence-corrected chi connectivity index (χ3v) is 5.27. The molecule has 0 saturated carbocycles. The first kappa shape index (κ1) is 16.0. The van der Waals surface area contributed by atoms with Crippen molar-refractivity contribution in [2.45, 2.75) is 4.90 Å². The minimum Gasteiger partial charge on any atom is -0.465 e. The number of ether oxygens (including phenoxy) is 1. The molecule has 0 amide bonds. The van der Waals surface area contributed by atoms with E-state index in [9.17, 15) is 13.2 Å². The molecule has 0 spiro atoms. The Balaban J connectivity index is 2.36. The molecule has 0 aromatic carbocycles. The number of rotatable bonds is 4. The number of carbonyl (C=O) groups excluding carboxylic acids is 1. The Morgan fingerprint density at radius 3 is 2.76 bits per heavy atom. The van der Waals surface area contributed by atoms with Gasteiger partial charge < -0.3 is 4.74 Å². The van der Waals surface area contributed by atoms with Crippen molar-refractivity contribution in [3.8, 4) is 0 Å². The van der Waals surface area contributed by atoms with Gasteiger partial charge in [0.25, 0.3) is 10.0 Å². The predicted octanol–water partition coefficient (Wildman–Crippen LogP) is 3.04. The quantitative estimate of drug-likeness (QED) is 0.663. The fraction of sp³-hybridized carbons (Fsp3) is 0.0909. The lowest BCUT2D eigenvalue weighted by molar-refractivity contribution is 0.0607. The smallest absolute Gasteiger partial charge is 0.350 e. The summed E-state index contributed by atoms with van der Waals surface area (Å²) in [6.45, 7) is 0. The summed E-state index contributed by atoms with van der Waals surface area (Å²) in [5.41, 5.74) is 0.123. The van der Waals surface area contributed by atoms with Crippen LogP contribution in [0.15, 0.2) is 28.6 Å². The number of nitrogens with one attached hydrogen (secondary N) is 1. The zero-order chi connectivity index (χ0) is 15.6. The molecule has 21 heavy (non-hydrogen) atoms. The van der Waals surface area contributed by atoms with Crippen LogP contribution in [0.5, 0.6) is 0 Å². The summed E-state index contributed by atoms with van der Waals surface area (Å²) in [5, 5.41) is 1.58. The zero-order valence-corrected chi connectivity index (χ0v) is 13.6. The summed E-state index contributed by atoms with van der Waals surface area (Å²) in [7, 11) is -2.73. The molecule has 0 aliphatic rings. The molecular formula is C11H8Cl2N2O4S2. The maximum absolute atomic E-state index is 12.2. The van der Waals surface area contributed by atoms with Gasteiger partial charge in [0, 0.05) is 6.20 Å². The van der Waals surface area contributed by atoms with Crippen molar-refractivity contribution in [1.29, 1.82) is 0 Å². The first-order chi connectivity index (χ1) is 9.85. The number of carbonyl (C=O) groups is 1. The Labute approximate surface area is 134 Å². The fourth-order valence-electron chi connectivity index (χ4n) is 1.39. The second kappa shape index (κ2) is 6.18. The number of hydrogen-bond donors (Lipinski definition) is 1. The molecule has 1 N–H and O–H groups in total. The van der Waals surface area contributed by atoms with Gasteiger partial charge in [-0.25, -0.2) is 18.2 Å². The van der Waals surface area contributed by atoms with Gasteiger partial charge in [0.1, 0.15) is 14.9 Å². The molecule has 2 aromatic rings. The summed E-state index contributed by atoms with van der Waals surface area (Å²) in [6.07, 6.45) is 1.07. The molecule has 0 fully saturated rings. The Hall–Kier alpha value is -1.35. The highest BCUT2D eigenvalue weighted by atomic mass is 35.5. The standard InChI is InChI=1S/C11H8Cl2N2O4S2/c1-19-11(16)9-8(2-3-20-9)15-21(17,18)6-4-7(12)10(13)14-5-6/h2-5,15H,1H3. The summed E-state index contributed by atoms with van der Waals surface area (Å²) >= 11 is 12.4. The molecule has 0 radical (unpaired) electrons. The van der Waals surface area contributed by atoms with Gasteiger partial charge in [0.05, 0.1) is 17.8 Å². The molecule has 0 saturated heterocycles. The molecule has 2 rings (SSSR count). The molecule has 0 bridgehead atoms. The van der Waals surface area contributed by atoms with Crippen LogP contribution < -0.4 is 4.72 Å². The number of aromatic nitrogens is 1. The number of hydrogen-bond acceptors (Lipinski definition) is 6. The van der Waals surface area contributed by atoms with E-state index in [1.165, 1.54) is 19.2 Å². The predicted molar refractivity (Wildman–Crippen MR) is 80.7 cm³/mol. The summed E-state index contributed by atoms with van der Waals surface area (Å²) in [6, 6.07) is 2.63. The third-order valence-electron chi connectivity index (χ3n) is 2.36. The first-order valence-corrected chi connectivity index (χ1v) is 8.46. The second-order valence-electron chi connectivity index (χ2n) is 3.70. The highest BCUT2D eigenvalue weighted by Gasteiger charge is 2.21. The zero-order valence-electron chi connectivity index (χ0n) is 10.5. The topological polar surface area (TPSA) is 85.4 Å². The van der Waals surface area contributed by atoms with Crippen molar-refractivity contribution < 1.29 is 17.9 Å². The van der Waals surface area contributed by atoms with Gasteiger partial charge in [-0.1, -0.05) is 23.2 Å². The van der Waals surface area contributed by atoms with Crippen LogP contribution in [-0.4, -0.2) is 26.5 Å². The maximum Gasteiger partial charge on any atom is 0.350 e. The highest BCUT2D eigenvalue weighted by molar-refractivity contribution is 7.92. The van der Waals surface area contributed by atoms with Crippen LogP contribution in [0.25, 0.3) is 0 Å². The highest BCUT2D eigenvalue weighted by Crippen LogP contribution is 2.27. The molecular weight excluding hydrogens is 359 g/mol. The number of sulfonamides is 1. The lowest BCUT2D eigenvalue weighted by atomic mass is 10.4. The van der Waals surface area contributed by atoms with E-state index in [0.717, 1.165) is 17.5 Å². The molecule has 2 heterocycles. The molecule has 0 unspecified atom stereocenters. The number of esters is 1. The Morgan fingerprint density at radius 2 is 2.14 bits per heavy atom. The normalized spacial score (nSPS) is 11.2. The third kappa shape index (κ3) is 3.46. The monoisotopic (exact) mass is 366 g/mol. The van der Waals surface area contributed by atoms with E-state index in [1.54, 1.807) is 5.38 Å². The fourth-order valence-corrected chi connectivity index (χ4v) is 3.60. The summed E-state index contributed by atoms with van der Waals surface area (Å²) < 4.78 is 31.3. The Kier molecular flexibility index (Phi) is 4.72. The van der Waals surface area contributed by atoms with E-state index in [0.29, 0.717) is 0 Å². The van der Waals surface area contributed by atoms with Crippen LogP contribution >= 0.6 is 34.5 Å². The van der Waals surface area contributed by atoms with Crippen LogP contribution in [0.2, 0.25) is 10.2 Å². The van der Waals surface area contributed by atoms with Crippen LogP contribution in [0, 0.1) is 0 Å². The molecule has 0 atom stereocenters. The van der Waals surface area contributed by atoms with Crippen LogP contribution in [0.3, 0.4) is 0 Å². The maximum atomic E-state index is 12.2. The summed E-state index contributed by atoms with van der Waals surface area (Å²) in [5.74, 6) is -0.630. The van der Waals surface area contributed by atoms with E-state index in [1.807, 2.05) is 0 Å². The van der Waals surface area contributed by atoms with Crippen molar-refractivity contribution >= 4 is 56.2 Å². The van der Waals surface area contributed by atoms with Gasteiger partial charge in [-0.05, 0) is 17.5 Å². The lowest BCUT2D eigenvalue weighted by Crippen LogP contribution is -2.15. The van der Waals surface area contributed by atoms with Crippen LogP contribution in [0.4, 0.5) is 5.69 Å². The number of nitrogens with zero attached hydrogens (tertiary/aromatic N) is 1. The first-order valence-electron chi connectivity index (χ1n) is 5.35. The average molecular weight is 367 g/mol. The van der Waals surface area contributed by atoms with E-state index in [4.69, 9.17) is 23.2 Å². The van der Waals surface area contributed by atoms with Crippen molar-refractivity contribution in [3.63, 3.8) is 0 Å². The van der Waals surface area contributed by atoms with Gasteiger partial charge >= 0.3 is 5.97 Å². The second-order valence-corrected chi connectivity index (χ2v) is 7.07. The largest absolute Gasteiger partial charge is 0.465 e. The van der Waals surface area contributed by atoms with Crippen molar-refractivity contribution in [2.24, 2.45) is 0 Å². The van der Waals surface area contributed by atoms with Gasteiger partial charge in [0.15, 0.2) is 0 Å². The van der Waals surface area contributed by atoms with Gasteiger partial charge in [-0.3, -0.25) is 4.72 Å². The van der Waals surface area contributed by atoms with Gasteiger partial charge in [-0.2, -0.15) is 0 Å². The average Bonchev–Trinajstić information content (AvgIpc) is 2.88. The van der Waals surface area contributed by atoms with Crippen molar-refractivity contribution in [1.82, 2.24) is 4.98 Å². The molecule has 2 aromatic heterocycles. The molecule has 0 aliphatic carbocycles. The van der Waals surface area contributed by atoms with E-state index in [2.05, 4.69) is 14.4 Å².